The molecule has 1 fully saturated rings. The van der Waals surface area contributed by atoms with Gasteiger partial charge in [0.05, 0.1) is 12.5 Å². The van der Waals surface area contributed by atoms with Gasteiger partial charge in [0.2, 0.25) is 11.8 Å². The summed E-state index contributed by atoms with van der Waals surface area (Å²) in [6.45, 7) is 4.67. The molecule has 1 aliphatic rings. The minimum Gasteiger partial charge on any atom is -0.356 e. The molecule has 1 atom stereocenters. The quantitative estimate of drug-likeness (QED) is 0.609. The molecule has 7 heteroatoms. The molecule has 0 aliphatic carbocycles. The van der Waals surface area contributed by atoms with E-state index in [2.05, 4.69) is 50.6 Å². The Labute approximate surface area is 159 Å². The Morgan fingerprint density at radius 3 is 3.07 bits per heavy atom. The number of aromatic nitrogens is 2. The molecule has 7 nitrogen and oxygen atoms in total. The van der Waals surface area contributed by atoms with Crippen LogP contribution in [0.15, 0.2) is 36.7 Å². The average molecular weight is 369 g/mol. The molecule has 0 saturated carbocycles. The van der Waals surface area contributed by atoms with Crippen molar-refractivity contribution in [1.82, 2.24) is 25.5 Å². The number of hydrogen-bond acceptors (Lipinski definition) is 4. The molecule has 3 N–H and O–H groups in total. The molecule has 2 amide bonds. The van der Waals surface area contributed by atoms with Crippen molar-refractivity contribution in [2.45, 2.75) is 38.8 Å². The molecule has 1 aliphatic heterocycles. The minimum absolute atomic E-state index is 0.0698. The number of aromatic amines is 1. The molecule has 0 bridgehead atoms. The van der Waals surface area contributed by atoms with Crippen LogP contribution in [0.25, 0.3) is 0 Å². The van der Waals surface area contributed by atoms with Crippen LogP contribution in [0.5, 0.6) is 0 Å². The number of amides is 2. The third-order valence-corrected chi connectivity index (χ3v) is 4.76. The zero-order valence-electron chi connectivity index (χ0n) is 15.7. The van der Waals surface area contributed by atoms with E-state index in [1.165, 1.54) is 5.56 Å². The van der Waals surface area contributed by atoms with E-state index in [1.807, 2.05) is 6.07 Å². The van der Waals surface area contributed by atoms with Crippen molar-refractivity contribution < 1.29 is 9.59 Å². The number of nitrogens with zero attached hydrogens (tertiary/aromatic N) is 2. The lowest BCUT2D eigenvalue weighted by molar-refractivity contribution is -0.134. The Morgan fingerprint density at radius 1 is 1.41 bits per heavy atom. The maximum absolute atomic E-state index is 12.3. The van der Waals surface area contributed by atoms with Gasteiger partial charge in [-0.05, 0) is 18.9 Å². The number of piperazine rings is 1. The van der Waals surface area contributed by atoms with Gasteiger partial charge in [0, 0.05) is 45.0 Å². The number of imidazole rings is 1. The predicted octanol–water partition coefficient (Wildman–Crippen LogP) is 1.16. The SMILES string of the molecule is Cc1cccc(CN2CCNC(=O)[C@@H]2CC(=O)NCCCc2ncc[nH]2)c1. The first-order chi connectivity index (χ1) is 13.1. The smallest absolute Gasteiger partial charge is 0.237 e. The highest BCUT2D eigenvalue weighted by Gasteiger charge is 2.31. The Balaban J connectivity index is 1.50. The van der Waals surface area contributed by atoms with Gasteiger partial charge >= 0.3 is 0 Å². The first-order valence-electron chi connectivity index (χ1n) is 9.44. The van der Waals surface area contributed by atoms with Crippen molar-refractivity contribution >= 4 is 11.8 Å². The van der Waals surface area contributed by atoms with Gasteiger partial charge in [-0.1, -0.05) is 29.8 Å². The van der Waals surface area contributed by atoms with Crippen LogP contribution in [0.4, 0.5) is 0 Å². The Kier molecular flexibility index (Phi) is 6.59. The Hall–Kier alpha value is -2.67. The average Bonchev–Trinajstić information content (AvgIpc) is 3.15. The molecule has 0 spiro atoms. The molecular weight excluding hydrogens is 342 g/mol. The van der Waals surface area contributed by atoms with Crippen molar-refractivity contribution in [3.8, 4) is 0 Å². The van der Waals surface area contributed by atoms with E-state index in [1.54, 1.807) is 12.4 Å². The van der Waals surface area contributed by atoms with Crippen LogP contribution in [0, 0.1) is 6.92 Å². The van der Waals surface area contributed by atoms with E-state index in [9.17, 15) is 9.59 Å². The number of H-pyrrole nitrogens is 1. The Bertz CT molecular complexity index is 759. The molecule has 3 rings (SSSR count). The highest BCUT2D eigenvalue weighted by molar-refractivity contribution is 5.88. The monoisotopic (exact) mass is 369 g/mol. The van der Waals surface area contributed by atoms with Gasteiger partial charge in [-0.2, -0.15) is 0 Å². The summed E-state index contributed by atoms with van der Waals surface area (Å²) in [5, 5.41) is 5.80. The largest absolute Gasteiger partial charge is 0.356 e. The number of benzene rings is 1. The second-order valence-corrected chi connectivity index (χ2v) is 6.96. The summed E-state index contributed by atoms with van der Waals surface area (Å²) in [5.41, 5.74) is 2.35. The molecule has 1 aromatic heterocycles. The number of nitrogens with one attached hydrogen (secondary N) is 3. The third-order valence-electron chi connectivity index (χ3n) is 4.76. The second-order valence-electron chi connectivity index (χ2n) is 6.96. The fourth-order valence-corrected chi connectivity index (χ4v) is 3.38. The van der Waals surface area contributed by atoms with Crippen LogP contribution in [0.2, 0.25) is 0 Å². The second kappa shape index (κ2) is 9.32. The van der Waals surface area contributed by atoms with E-state index < -0.39 is 6.04 Å². The van der Waals surface area contributed by atoms with Crippen LogP contribution in [-0.4, -0.2) is 52.4 Å². The number of carbonyl (C=O) groups is 2. The van der Waals surface area contributed by atoms with Crippen LogP contribution < -0.4 is 10.6 Å². The number of hydrogen-bond donors (Lipinski definition) is 3. The van der Waals surface area contributed by atoms with Crippen molar-refractivity contribution in [2.75, 3.05) is 19.6 Å². The molecule has 1 aromatic carbocycles. The summed E-state index contributed by atoms with van der Waals surface area (Å²) < 4.78 is 0. The topological polar surface area (TPSA) is 90.1 Å². The van der Waals surface area contributed by atoms with E-state index in [0.29, 0.717) is 19.6 Å². The molecule has 144 valence electrons. The summed E-state index contributed by atoms with van der Waals surface area (Å²) in [7, 11) is 0. The van der Waals surface area contributed by atoms with Crippen LogP contribution >= 0.6 is 0 Å². The van der Waals surface area contributed by atoms with Gasteiger partial charge in [-0.3, -0.25) is 14.5 Å². The van der Waals surface area contributed by atoms with Crippen molar-refractivity contribution in [3.63, 3.8) is 0 Å². The molecule has 0 unspecified atom stereocenters. The third kappa shape index (κ3) is 5.65. The lowest BCUT2D eigenvalue weighted by Crippen LogP contribution is -2.56. The summed E-state index contributed by atoms with van der Waals surface area (Å²) in [6, 6.07) is 7.84. The molecule has 1 saturated heterocycles. The maximum atomic E-state index is 12.3. The van der Waals surface area contributed by atoms with Gasteiger partial charge in [0.15, 0.2) is 0 Å². The number of aryl methyl sites for hydroxylation is 2. The van der Waals surface area contributed by atoms with Crippen molar-refractivity contribution in [3.05, 3.63) is 53.6 Å². The van der Waals surface area contributed by atoms with Crippen LogP contribution in [-0.2, 0) is 22.6 Å². The molecule has 0 radical (unpaired) electrons. The fourth-order valence-electron chi connectivity index (χ4n) is 3.38. The van der Waals surface area contributed by atoms with E-state index >= 15 is 0 Å². The normalized spacial score (nSPS) is 17.5. The summed E-state index contributed by atoms with van der Waals surface area (Å²) in [4.78, 5) is 34.0. The van der Waals surface area contributed by atoms with Crippen molar-refractivity contribution in [1.29, 1.82) is 0 Å². The summed E-state index contributed by atoms with van der Waals surface area (Å²) >= 11 is 0. The fraction of sp³-hybridized carbons (Fsp3) is 0.450. The molecule has 2 heterocycles. The van der Waals surface area contributed by atoms with E-state index in [0.717, 1.165) is 30.8 Å². The van der Waals surface area contributed by atoms with Gasteiger partial charge in [-0.15, -0.1) is 0 Å². The van der Waals surface area contributed by atoms with Gasteiger partial charge < -0.3 is 15.6 Å². The lowest BCUT2D eigenvalue weighted by atomic mass is 10.1. The summed E-state index contributed by atoms with van der Waals surface area (Å²) in [6.07, 6.45) is 5.29. The zero-order chi connectivity index (χ0) is 19.1. The molecule has 2 aromatic rings. The highest BCUT2D eigenvalue weighted by atomic mass is 16.2. The van der Waals surface area contributed by atoms with Crippen molar-refractivity contribution in [2.24, 2.45) is 0 Å². The Morgan fingerprint density at radius 2 is 2.30 bits per heavy atom. The molecular formula is C20H27N5O2. The van der Waals surface area contributed by atoms with Crippen LogP contribution in [0.3, 0.4) is 0 Å². The zero-order valence-corrected chi connectivity index (χ0v) is 15.7. The maximum Gasteiger partial charge on any atom is 0.237 e. The van der Waals surface area contributed by atoms with Crippen LogP contribution in [0.1, 0.15) is 29.8 Å². The lowest BCUT2D eigenvalue weighted by Gasteiger charge is -2.34. The standard InChI is InChI=1S/C20H27N5O2/c1-15-4-2-5-16(12-15)14-25-11-10-24-20(27)17(25)13-19(26)23-7-3-6-18-21-8-9-22-18/h2,4-5,8-9,12,17H,3,6-7,10-11,13-14H2,1H3,(H,21,22)(H,23,26)(H,24,27)/t17-/m0/s1. The first kappa shape index (κ1) is 19.1. The first-order valence-corrected chi connectivity index (χ1v) is 9.44. The highest BCUT2D eigenvalue weighted by Crippen LogP contribution is 2.15. The molecule has 27 heavy (non-hydrogen) atoms. The van der Waals surface area contributed by atoms with Gasteiger partial charge in [-0.25, -0.2) is 4.98 Å². The number of carbonyl (C=O) groups excluding carboxylic acids is 2. The number of rotatable bonds is 8. The van der Waals surface area contributed by atoms with Gasteiger partial charge in [0.25, 0.3) is 0 Å². The minimum atomic E-state index is -0.427. The summed E-state index contributed by atoms with van der Waals surface area (Å²) in [5.74, 6) is 0.755. The van der Waals surface area contributed by atoms with E-state index in [-0.39, 0.29) is 18.2 Å². The van der Waals surface area contributed by atoms with E-state index in [4.69, 9.17) is 0 Å². The van der Waals surface area contributed by atoms with Gasteiger partial charge in [0.1, 0.15) is 5.82 Å². The predicted molar refractivity (Wildman–Crippen MR) is 103 cm³/mol.